The van der Waals surface area contributed by atoms with Crippen molar-refractivity contribution in [1.29, 1.82) is 0 Å². The normalized spacial score (nSPS) is 22.6. The zero-order valence-electron chi connectivity index (χ0n) is 12.5. The topological polar surface area (TPSA) is 56.7 Å². The molecular weight excluding hydrogens is 273 g/mol. The van der Waals surface area contributed by atoms with Gasteiger partial charge in [0, 0.05) is 31.2 Å². The molecule has 1 fully saturated rings. The largest absolute Gasteiger partial charge is 0.396 e. The second kappa shape index (κ2) is 6.49. The molecule has 1 N–H and O–H groups in total. The lowest BCUT2D eigenvalue weighted by Crippen LogP contribution is -2.52. The molecule has 5 nitrogen and oxygen atoms in total. The molecule has 1 aromatic heterocycles. The molecule has 1 aliphatic heterocycles. The third kappa shape index (κ3) is 3.77. The number of aliphatic hydroxyl groups excluding tert-OH is 1. The van der Waals surface area contributed by atoms with Gasteiger partial charge in [-0.05, 0) is 33.0 Å². The van der Waals surface area contributed by atoms with Crippen LogP contribution in [0.1, 0.15) is 23.2 Å². The highest BCUT2D eigenvalue weighted by molar-refractivity contribution is 5.94. The van der Waals surface area contributed by atoms with Crippen LogP contribution in [0.3, 0.4) is 0 Å². The lowest BCUT2D eigenvalue weighted by atomic mass is 9.80. The van der Waals surface area contributed by atoms with Crippen LogP contribution in [-0.4, -0.2) is 66.1 Å². The van der Waals surface area contributed by atoms with E-state index in [2.05, 4.69) is 4.98 Å². The van der Waals surface area contributed by atoms with Crippen molar-refractivity contribution in [2.24, 2.45) is 5.41 Å². The SMILES string of the molecule is CN(C)C[C@]1(CO)CCCN(C(=O)c2cncc(F)c2)C1. The van der Waals surface area contributed by atoms with E-state index in [1.165, 1.54) is 12.3 Å². The zero-order chi connectivity index (χ0) is 15.5. The number of aliphatic hydroxyl groups is 1. The molecule has 6 heteroatoms. The first-order chi connectivity index (χ1) is 9.96. The standard InChI is InChI=1S/C15H22FN3O2/c1-18(2)9-15(11-20)4-3-5-19(10-15)14(21)12-6-13(16)8-17-7-12/h6-8,20H,3-5,9-11H2,1-2H3/t15-/m1/s1. The fourth-order valence-corrected chi connectivity index (χ4v) is 3.07. The highest BCUT2D eigenvalue weighted by Crippen LogP contribution is 2.31. The maximum absolute atomic E-state index is 13.2. The van der Waals surface area contributed by atoms with Crippen LogP contribution in [0.5, 0.6) is 0 Å². The van der Waals surface area contributed by atoms with Crippen LogP contribution in [0.4, 0.5) is 4.39 Å². The second-order valence-electron chi connectivity index (χ2n) is 6.12. The number of hydrogen-bond acceptors (Lipinski definition) is 4. The summed E-state index contributed by atoms with van der Waals surface area (Å²) in [7, 11) is 3.91. The fourth-order valence-electron chi connectivity index (χ4n) is 3.07. The van der Waals surface area contributed by atoms with Gasteiger partial charge in [0.05, 0.1) is 18.4 Å². The van der Waals surface area contributed by atoms with Gasteiger partial charge in [0.25, 0.3) is 5.91 Å². The first-order valence-electron chi connectivity index (χ1n) is 7.11. The summed E-state index contributed by atoms with van der Waals surface area (Å²) in [6.45, 7) is 1.87. The molecule has 2 rings (SSSR count). The maximum atomic E-state index is 13.2. The number of hydrogen-bond donors (Lipinski definition) is 1. The van der Waals surface area contributed by atoms with E-state index in [-0.39, 0.29) is 23.5 Å². The van der Waals surface area contributed by atoms with E-state index in [9.17, 15) is 14.3 Å². The van der Waals surface area contributed by atoms with Crippen molar-refractivity contribution in [3.8, 4) is 0 Å². The molecule has 0 aromatic carbocycles. The van der Waals surface area contributed by atoms with Crippen LogP contribution < -0.4 is 0 Å². The molecule has 2 heterocycles. The molecule has 0 radical (unpaired) electrons. The fraction of sp³-hybridized carbons (Fsp3) is 0.600. The molecule has 116 valence electrons. The number of pyridine rings is 1. The molecule has 1 atom stereocenters. The van der Waals surface area contributed by atoms with Crippen molar-refractivity contribution in [3.05, 3.63) is 29.8 Å². The smallest absolute Gasteiger partial charge is 0.255 e. The third-order valence-electron chi connectivity index (χ3n) is 3.89. The van der Waals surface area contributed by atoms with Gasteiger partial charge in [-0.3, -0.25) is 9.78 Å². The van der Waals surface area contributed by atoms with Crippen molar-refractivity contribution < 1.29 is 14.3 Å². The van der Waals surface area contributed by atoms with Crippen molar-refractivity contribution in [2.45, 2.75) is 12.8 Å². The zero-order valence-corrected chi connectivity index (χ0v) is 12.5. The predicted molar refractivity (Wildman–Crippen MR) is 77.4 cm³/mol. The van der Waals surface area contributed by atoms with Crippen LogP contribution in [-0.2, 0) is 0 Å². The van der Waals surface area contributed by atoms with Gasteiger partial charge in [-0.25, -0.2) is 4.39 Å². The van der Waals surface area contributed by atoms with Gasteiger partial charge >= 0.3 is 0 Å². The van der Waals surface area contributed by atoms with Crippen molar-refractivity contribution in [3.63, 3.8) is 0 Å². The van der Waals surface area contributed by atoms with E-state index in [4.69, 9.17) is 0 Å². The summed E-state index contributed by atoms with van der Waals surface area (Å²) in [6, 6.07) is 1.20. The molecule has 21 heavy (non-hydrogen) atoms. The molecule has 0 spiro atoms. The Morgan fingerprint density at radius 3 is 2.90 bits per heavy atom. The summed E-state index contributed by atoms with van der Waals surface area (Å²) >= 11 is 0. The number of rotatable bonds is 4. The van der Waals surface area contributed by atoms with E-state index in [0.717, 1.165) is 19.0 Å². The molecule has 1 amide bonds. The van der Waals surface area contributed by atoms with E-state index in [1.807, 2.05) is 19.0 Å². The molecule has 1 aliphatic rings. The Balaban J connectivity index is 2.15. The Morgan fingerprint density at radius 2 is 2.29 bits per heavy atom. The van der Waals surface area contributed by atoms with Crippen LogP contribution in [0, 0.1) is 11.2 Å². The van der Waals surface area contributed by atoms with Crippen LogP contribution in [0.15, 0.2) is 18.5 Å². The number of aromatic nitrogens is 1. The summed E-state index contributed by atoms with van der Waals surface area (Å²) in [6.07, 6.45) is 4.18. The number of amides is 1. The second-order valence-corrected chi connectivity index (χ2v) is 6.12. The van der Waals surface area contributed by atoms with Crippen LogP contribution in [0.25, 0.3) is 0 Å². The van der Waals surface area contributed by atoms with Gasteiger partial charge in [-0.2, -0.15) is 0 Å². The summed E-state index contributed by atoms with van der Waals surface area (Å²) in [5.41, 5.74) is -0.0494. The van der Waals surface area contributed by atoms with Gasteiger partial charge in [0.15, 0.2) is 0 Å². The van der Waals surface area contributed by atoms with Crippen LogP contribution in [0.2, 0.25) is 0 Å². The number of carbonyl (C=O) groups is 1. The van der Waals surface area contributed by atoms with Crippen molar-refractivity contribution in [2.75, 3.05) is 40.3 Å². The Kier molecular flexibility index (Phi) is 4.90. The Morgan fingerprint density at radius 1 is 1.52 bits per heavy atom. The Bertz CT molecular complexity index is 509. The molecule has 1 aromatic rings. The number of nitrogens with zero attached hydrogens (tertiary/aromatic N) is 3. The van der Waals surface area contributed by atoms with Gasteiger partial charge in [0.2, 0.25) is 0 Å². The minimum atomic E-state index is -0.514. The highest BCUT2D eigenvalue weighted by atomic mass is 19.1. The summed E-state index contributed by atoms with van der Waals surface area (Å²) in [5, 5.41) is 9.77. The van der Waals surface area contributed by atoms with Gasteiger partial charge in [-0.15, -0.1) is 0 Å². The molecule has 0 unspecified atom stereocenters. The van der Waals surface area contributed by atoms with Gasteiger partial charge < -0.3 is 14.9 Å². The van der Waals surface area contributed by atoms with E-state index in [0.29, 0.717) is 19.6 Å². The molecular formula is C15H22FN3O2. The summed E-state index contributed by atoms with van der Waals surface area (Å²) < 4.78 is 13.2. The highest BCUT2D eigenvalue weighted by Gasteiger charge is 2.37. The van der Waals surface area contributed by atoms with Crippen molar-refractivity contribution >= 4 is 5.91 Å². The van der Waals surface area contributed by atoms with Gasteiger partial charge in [0.1, 0.15) is 5.82 Å². The van der Waals surface area contributed by atoms with E-state index >= 15 is 0 Å². The maximum Gasteiger partial charge on any atom is 0.255 e. The number of halogens is 1. The Labute approximate surface area is 124 Å². The minimum Gasteiger partial charge on any atom is -0.396 e. The first-order valence-corrected chi connectivity index (χ1v) is 7.11. The van der Waals surface area contributed by atoms with Crippen molar-refractivity contribution in [1.82, 2.24) is 14.8 Å². The third-order valence-corrected chi connectivity index (χ3v) is 3.89. The average molecular weight is 295 g/mol. The quantitative estimate of drug-likeness (QED) is 0.900. The number of piperidine rings is 1. The predicted octanol–water partition coefficient (Wildman–Crippen LogP) is 0.997. The number of likely N-dealkylation sites (tertiary alicyclic amines) is 1. The van der Waals surface area contributed by atoms with Gasteiger partial charge in [-0.1, -0.05) is 0 Å². The summed E-state index contributed by atoms with van der Waals surface area (Å²) in [5.74, 6) is -0.738. The minimum absolute atomic E-state index is 0.0381. The van der Waals surface area contributed by atoms with E-state index < -0.39 is 5.82 Å². The van der Waals surface area contributed by atoms with E-state index in [1.54, 1.807) is 4.90 Å². The molecule has 0 bridgehead atoms. The van der Waals surface area contributed by atoms with Crippen LogP contribution >= 0.6 is 0 Å². The number of carbonyl (C=O) groups excluding carboxylic acids is 1. The first kappa shape index (κ1) is 15.9. The molecule has 0 aliphatic carbocycles. The summed E-state index contributed by atoms with van der Waals surface area (Å²) in [4.78, 5) is 19.9. The lowest BCUT2D eigenvalue weighted by molar-refractivity contribution is 0.0138. The monoisotopic (exact) mass is 295 g/mol. The molecule has 1 saturated heterocycles. The molecule has 0 saturated carbocycles. The lowest BCUT2D eigenvalue weighted by Gasteiger charge is -2.43. The average Bonchev–Trinajstić information content (AvgIpc) is 2.46. The Hall–Kier alpha value is -1.53.